The number of aromatic nitrogens is 1. The van der Waals surface area contributed by atoms with E-state index >= 15 is 0 Å². The molecule has 2 rings (SSSR count). The van der Waals surface area contributed by atoms with E-state index in [4.69, 9.17) is 12.2 Å². The molecule has 0 saturated heterocycles. The molecule has 1 aromatic heterocycles. The molecule has 1 aromatic carbocycles. The minimum absolute atomic E-state index is 0.0856. The fourth-order valence-electron chi connectivity index (χ4n) is 1.75. The zero-order valence-electron chi connectivity index (χ0n) is 10.4. The molecule has 1 N–H and O–H groups in total. The van der Waals surface area contributed by atoms with Gasteiger partial charge in [0.1, 0.15) is 4.64 Å². The van der Waals surface area contributed by atoms with Crippen molar-refractivity contribution in [2.45, 2.75) is 6.54 Å². The van der Waals surface area contributed by atoms with Gasteiger partial charge in [-0.3, -0.25) is 4.79 Å². The molecule has 5 heteroatoms. The summed E-state index contributed by atoms with van der Waals surface area (Å²) in [5.41, 5.74) is 1.58. The highest BCUT2D eigenvalue weighted by Crippen LogP contribution is 2.18. The van der Waals surface area contributed by atoms with Crippen molar-refractivity contribution in [2.75, 3.05) is 7.05 Å². The summed E-state index contributed by atoms with van der Waals surface area (Å²) in [7, 11) is 1.77. The second-order valence-corrected chi connectivity index (χ2v) is 5.43. The molecule has 19 heavy (non-hydrogen) atoms. The fraction of sp³-hybridized carbons (Fsp3) is 0.143. The molecule has 0 spiro atoms. The summed E-state index contributed by atoms with van der Waals surface area (Å²) in [5.74, 6) is -0.0856. The van der Waals surface area contributed by atoms with Crippen LogP contribution in [0.25, 0.3) is 0 Å². The Balaban J connectivity index is 2.19. The first-order chi connectivity index (χ1) is 9.09. The zero-order valence-corrected chi connectivity index (χ0v) is 12.8. The third kappa shape index (κ3) is 3.30. The first-order valence-corrected chi connectivity index (χ1v) is 6.96. The Morgan fingerprint density at radius 3 is 2.74 bits per heavy atom. The number of rotatable bonds is 3. The van der Waals surface area contributed by atoms with Crippen LogP contribution >= 0.6 is 28.1 Å². The lowest BCUT2D eigenvalue weighted by atomic mass is 10.2. The molecule has 0 unspecified atom stereocenters. The van der Waals surface area contributed by atoms with Gasteiger partial charge in [-0.25, -0.2) is 0 Å². The molecule has 0 radical (unpaired) electrons. The molecule has 0 aliphatic heterocycles. The van der Waals surface area contributed by atoms with Crippen molar-refractivity contribution < 1.29 is 4.79 Å². The highest BCUT2D eigenvalue weighted by molar-refractivity contribution is 9.10. The van der Waals surface area contributed by atoms with Crippen molar-refractivity contribution in [1.29, 1.82) is 0 Å². The van der Waals surface area contributed by atoms with Crippen molar-refractivity contribution in [3.05, 3.63) is 62.8 Å². The van der Waals surface area contributed by atoms with Gasteiger partial charge in [0.25, 0.3) is 5.91 Å². The van der Waals surface area contributed by atoms with Crippen molar-refractivity contribution in [3.63, 3.8) is 0 Å². The Hall–Kier alpha value is -1.46. The molecule has 1 heterocycles. The van der Waals surface area contributed by atoms with Crippen LogP contribution in [0, 0.1) is 4.64 Å². The van der Waals surface area contributed by atoms with Crippen LogP contribution in [0.3, 0.4) is 0 Å². The monoisotopic (exact) mass is 336 g/mol. The van der Waals surface area contributed by atoms with E-state index in [0.29, 0.717) is 16.7 Å². The number of aromatic amines is 1. The standard InChI is InChI=1S/C14H13BrN2OS/c1-17(9-10-5-2-3-7-12(10)15)14(18)11-6-4-8-16-13(11)19/h2-8H,9H2,1H3,(H,16,19). The normalized spacial score (nSPS) is 10.2. The van der Waals surface area contributed by atoms with E-state index in [0.717, 1.165) is 10.0 Å². The van der Waals surface area contributed by atoms with Gasteiger partial charge in [-0.1, -0.05) is 46.3 Å². The second kappa shape index (κ2) is 6.12. The Bertz CT molecular complexity index is 654. The molecule has 0 aliphatic rings. The van der Waals surface area contributed by atoms with Crippen molar-refractivity contribution >= 4 is 34.1 Å². The maximum Gasteiger partial charge on any atom is 0.256 e. The summed E-state index contributed by atoms with van der Waals surface area (Å²) < 4.78 is 1.46. The number of benzene rings is 1. The van der Waals surface area contributed by atoms with Gasteiger partial charge in [-0.15, -0.1) is 0 Å². The average molecular weight is 337 g/mol. The largest absolute Gasteiger partial charge is 0.352 e. The van der Waals surface area contributed by atoms with Crippen LogP contribution < -0.4 is 0 Å². The third-order valence-electron chi connectivity index (χ3n) is 2.76. The van der Waals surface area contributed by atoms with Crippen molar-refractivity contribution in [2.24, 2.45) is 0 Å². The van der Waals surface area contributed by atoms with E-state index in [1.807, 2.05) is 24.3 Å². The highest BCUT2D eigenvalue weighted by Gasteiger charge is 2.14. The van der Waals surface area contributed by atoms with Gasteiger partial charge >= 0.3 is 0 Å². The molecule has 98 valence electrons. The van der Waals surface area contributed by atoms with Crippen molar-refractivity contribution in [3.8, 4) is 0 Å². The number of amides is 1. The number of pyridine rings is 1. The van der Waals surface area contributed by atoms with E-state index in [-0.39, 0.29) is 5.91 Å². The number of hydrogen-bond donors (Lipinski definition) is 1. The first-order valence-electron chi connectivity index (χ1n) is 5.76. The summed E-state index contributed by atoms with van der Waals surface area (Å²) in [6.07, 6.45) is 1.72. The van der Waals surface area contributed by atoms with Gasteiger partial charge in [-0.05, 0) is 23.8 Å². The van der Waals surface area contributed by atoms with E-state index < -0.39 is 0 Å². The Morgan fingerprint density at radius 2 is 2.05 bits per heavy atom. The molecule has 0 aliphatic carbocycles. The van der Waals surface area contributed by atoms with Crippen LogP contribution in [0.4, 0.5) is 0 Å². The van der Waals surface area contributed by atoms with Crippen LogP contribution in [-0.4, -0.2) is 22.8 Å². The minimum atomic E-state index is -0.0856. The molecule has 1 amide bonds. The molecule has 3 nitrogen and oxygen atoms in total. The first kappa shape index (κ1) is 14.0. The smallest absolute Gasteiger partial charge is 0.256 e. The van der Waals surface area contributed by atoms with Crippen LogP contribution in [0.2, 0.25) is 0 Å². The summed E-state index contributed by atoms with van der Waals surface area (Å²) in [4.78, 5) is 16.8. The number of carbonyl (C=O) groups excluding carboxylic acids is 1. The molecule has 0 fully saturated rings. The Labute approximate surface area is 125 Å². The number of nitrogens with one attached hydrogen (secondary N) is 1. The van der Waals surface area contributed by atoms with Crippen LogP contribution in [0.5, 0.6) is 0 Å². The maximum atomic E-state index is 12.3. The second-order valence-electron chi connectivity index (χ2n) is 4.17. The van der Waals surface area contributed by atoms with Crippen LogP contribution in [-0.2, 0) is 6.54 Å². The Morgan fingerprint density at radius 1 is 1.32 bits per heavy atom. The quantitative estimate of drug-likeness (QED) is 0.866. The lowest BCUT2D eigenvalue weighted by Gasteiger charge is -2.18. The molecular weight excluding hydrogens is 324 g/mol. The van der Waals surface area contributed by atoms with E-state index in [1.54, 1.807) is 30.3 Å². The molecule has 0 saturated carbocycles. The van der Waals surface area contributed by atoms with Gasteiger partial charge in [0.15, 0.2) is 0 Å². The average Bonchev–Trinajstić information content (AvgIpc) is 2.41. The van der Waals surface area contributed by atoms with Gasteiger partial charge in [0, 0.05) is 24.3 Å². The maximum absolute atomic E-state index is 12.3. The topological polar surface area (TPSA) is 36.1 Å². The minimum Gasteiger partial charge on any atom is -0.352 e. The van der Waals surface area contributed by atoms with Crippen LogP contribution in [0.1, 0.15) is 15.9 Å². The number of halogens is 1. The summed E-state index contributed by atoms with van der Waals surface area (Å²) in [6.45, 7) is 0.532. The van der Waals surface area contributed by atoms with Crippen molar-refractivity contribution in [1.82, 2.24) is 9.88 Å². The lowest BCUT2D eigenvalue weighted by Crippen LogP contribution is -2.26. The number of nitrogens with zero attached hydrogens (tertiary/aromatic N) is 1. The SMILES string of the molecule is CN(Cc1ccccc1Br)C(=O)c1ccc[nH]c1=S. The molecule has 0 atom stereocenters. The Kier molecular flexibility index (Phi) is 4.50. The van der Waals surface area contributed by atoms with Gasteiger partial charge in [0.05, 0.1) is 5.56 Å². The molecular formula is C14H13BrN2OS. The summed E-state index contributed by atoms with van der Waals surface area (Å²) in [6, 6.07) is 11.4. The molecule has 2 aromatic rings. The summed E-state index contributed by atoms with van der Waals surface area (Å²) >= 11 is 8.61. The highest BCUT2D eigenvalue weighted by atomic mass is 79.9. The predicted octanol–water partition coefficient (Wildman–Crippen LogP) is 3.78. The van der Waals surface area contributed by atoms with E-state index in [1.165, 1.54) is 0 Å². The number of hydrogen-bond acceptors (Lipinski definition) is 2. The molecule has 0 bridgehead atoms. The van der Waals surface area contributed by atoms with Gasteiger partial charge in [-0.2, -0.15) is 0 Å². The zero-order chi connectivity index (χ0) is 13.8. The van der Waals surface area contributed by atoms with Gasteiger partial charge < -0.3 is 9.88 Å². The third-order valence-corrected chi connectivity index (χ3v) is 3.87. The van der Waals surface area contributed by atoms with E-state index in [2.05, 4.69) is 20.9 Å². The van der Waals surface area contributed by atoms with E-state index in [9.17, 15) is 4.79 Å². The van der Waals surface area contributed by atoms with Gasteiger partial charge in [0.2, 0.25) is 0 Å². The lowest BCUT2D eigenvalue weighted by molar-refractivity contribution is 0.0784. The fourth-order valence-corrected chi connectivity index (χ4v) is 2.38. The summed E-state index contributed by atoms with van der Waals surface area (Å²) in [5, 5.41) is 0. The van der Waals surface area contributed by atoms with Crippen LogP contribution in [0.15, 0.2) is 47.1 Å². The number of carbonyl (C=O) groups is 1. The number of H-pyrrole nitrogens is 1. The predicted molar refractivity (Wildman–Crippen MR) is 81.6 cm³/mol.